The van der Waals surface area contributed by atoms with Crippen molar-refractivity contribution < 1.29 is 8.83 Å². The molecule has 6 rings (SSSR count). The summed E-state index contributed by atoms with van der Waals surface area (Å²) < 4.78 is 11.7. The minimum Gasteiger partial charge on any atom is -0.422 e. The fraction of sp³-hybridized carbons (Fsp3) is 0.231. The number of hydrogen-bond acceptors (Lipinski definition) is 6. The van der Waals surface area contributed by atoms with E-state index < -0.39 is 11.3 Å². The van der Waals surface area contributed by atoms with E-state index in [2.05, 4.69) is 90.1 Å². The van der Waals surface area contributed by atoms with Crippen LogP contribution in [0, 0.1) is 0 Å². The van der Waals surface area contributed by atoms with Crippen LogP contribution in [0.15, 0.2) is 135 Å². The van der Waals surface area contributed by atoms with Gasteiger partial charge in [-0.3, -0.25) is 0 Å². The third-order valence-electron chi connectivity index (χ3n) is 7.94. The summed E-state index contributed by atoms with van der Waals surface area (Å²) in [5, 5.41) is 1.66. The van der Waals surface area contributed by atoms with Crippen molar-refractivity contribution in [1.82, 2.24) is 0 Å². The normalized spacial score (nSPS) is 12.2. The average Bonchev–Trinajstić information content (AvgIpc) is 2.99. The van der Waals surface area contributed by atoms with Gasteiger partial charge in [-0.1, -0.05) is 126 Å². The quantitative estimate of drug-likeness (QED) is 0.170. The summed E-state index contributed by atoms with van der Waals surface area (Å²) in [5.74, 6) is 0. The standard InChI is InChI=1S/C39H36O4S2/c1-38(2,3)24-15-19-26(20-16-24)44-34-28-11-7-9-13-32(28)42-36(40)30(34)23-31-35(29-12-8-10-14-33(29)43-37(31)41)45-27-21-17-25(18-22-27)39(4,5)6/h7-22H,23H2,1-6H3. The number of benzene rings is 4. The second-order valence-electron chi connectivity index (χ2n) is 13.3. The molecule has 2 heterocycles. The van der Waals surface area contributed by atoms with Gasteiger partial charge in [0.15, 0.2) is 0 Å². The van der Waals surface area contributed by atoms with Gasteiger partial charge in [0.25, 0.3) is 0 Å². The summed E-state index contributed by atoms with van der Waals surface area (Å²) in [4.78, 5) is 30.9. The van der Waals surface area contributed by atoms with Crippen LogP contribution < -0.4 is 11.3 Å². The zero-order chi connectivity index (χ0) is 31.9. The van der Waals surface area contributed by atoms with Crippen molar-refractivity contribution in [3.05, 3.63) is 140 Å². The van der Waals surface area contributed by atoms with E-state index in [1.165, 1.54) is 34.7 Å². The van der Waals surface area contributed by atoms with Gasteiger partial charge >= 0.3 is 11.3 Å². The maximum Gasteiger partial charge on any atom is 0.340 e. The summed E-state index contributed by atoms with van der Waals surface area (Å²) in [6, 6.07) is 32.0. The molecule has 6 heteroatoms. The minimum absolute atomic E-state index is 0.0279. The van der Waals surface area contributed by atoms with Crippen molar-refractivity contribution in [3.8, 4) is 0 Å². The first-order chi connectivity index (χ1) is 21.4. The number of para-hydroxylation sites is 2. The van der Waals surface area contributed by atoms with Crippen LogP contribution in [-0.2, 0) is 17.3 Å². The molecule has 0 atom stereocenters. The van der Waals surface area contributed by atoms with Crippen LogP contribution in [0.4, 0.5) is 0 Å². The van der Waals surface area contributed by atoms with E-state index in [-0.39, 0.29) is 17.3 Å². The molecule has 0 radical (unpaired) electrons. The SMILES string of the molecule is CC(C)(C)c1ccc(Sc2c(Cc3c(Sc4ccc(C(C)(C)C)cc4)c4ccccc4oc3=O)c(=O)oc3ccccc23)cc1. The molecular weight excluding hydrogens is 597 g/mol. The molecule has 4 nitrogen and oxygen atoms in total. The Bertz CT molecular complexity index is 1970. The molecule has 0 aliphatic heterocycles. The van der Waals surface area contributed by atoms with Crippen molar-refractivity contribution in [3.63, 3.8) is 0 Å². The molecule has 228 valence electrons. The Hall–Kier alpha value is -4.00. The lowest BCUT2D eigenvalue weighted by atomic mass is 9.87. The summed E-state index contributed by atoms with van der Waals surface area (Å²) in [6.07, 6.45) is 0.0746. The van der Waals surface area contributed by atoms with Gasteiger partial charge in [-0.15, -0.1) is 0 Å². The summed E-state index contributed by atoms with van der Waals surface area (Å²) in [7, 11) is 0. The molecule has 0 saturated heterocycles. The van der Waals surface area contributed by atoms with E-state index in [1.807, 2.05) is 36.4 Å². The van der Waals surface area contributed by atoms with E-state index in [9.17, 15) is 9.59 Å². The van der Waals surface area contributed by atoms with Crippen LogP contribution in [0.25, 0.3) is 21.9 Å². The Kier molecular flexibility index (Phi) is 8.31. The molecule has 0 aliphatic rings. The van der Waals surface area contributed by atoms with E-state index in [4.69, 9.17) is 8.83 Å². The second kappa shape index (κ2) is 12.1. The molecule has 0 saturated carbocycles. The number of fused-ring (bicyclic) bond motifs is 2. The van der Waals surface area contributed by atoms with Gasteiger partial charge in [-0.25, -0.2) is 9.59 Å². The van der Waals surface area contributed by atoms with Crippen molar-refractivity contribution in [2.45, 2.75) is 78.4 Å². The Morgan fingerprint density at radius 2 is 0.867 bits per heavy atom. The van der Waals surface area contributed by atoms with Gasteiger partial charge in [0.2, 0.25) is 0 Å². The van der Waals surface area contributed by atoms with Crippen LogP contribution >= 0.6 is 23.5 Å². The van der Waals surface area contributed by atoms with Crippen molar-refractivity contribution in [2.75, 3.05) is 0 Å². The summed E-state index contributed by atoms with van der Waals surface area (Å²) >= 11 is 3.04. The highest BCUT2D eigenvalue weighted by atomic mass is 32.2. The lowest BCUT2D eigenvalue weighted by Crippen LogP contribution is -2.16. The molecule has 0 amide bonds. The molecule has 0 aliphatic carbocycles. The van der Waals surface area contributed by atoms with Crippen LogP contribution in [0.2, 0.25) is 0 Å². The fourth-order valence-corrected chi connectivity index (χ4v) is 7.45. The van der Waals surface area contributed by atoms with Gasteiger partial charge in [0, 0.05) is 36.8 Å². The maximum atomic E-state index is 13.7. The maximum absolute atomic E-state index is 13.7. The largest absolute Gasteiger partial charge is 0.422 e. The van der Waals surface area contributed by atoms with E-state index in [0.717, 1.165) is 30.4 Å². The van der Waals surface area contributed by atoms with Crippen LogP contribution in [0.3, 0.4) is 0 Å². The zero-order valence-corrected chi connectivity index (χ0v) is 28.0. The first-order valence-corrected chi connectivity index (χ1v) is 16.7. The first-order valence-electron chi connectivity index (χ1n) is 15.0. The topological polar surface area (TPSA) is 60.4 Å². The van der Waals surface area contributed by atoms with Crippen LogP contribution in [0.1, 0.15) is 63.8 Å². The lowest BCUT2D eigenvalue weighted by molar-refractivity contribution is 0.536. The molecular formula is C39H36O4S2. The highest BCUT2D eigenvalue weighted by molar-refractivity contribution is 8.00. The van der Waals surface area contributed by atoms with Gasteiger partial charge in [-0.2, -0.15) is 0 Å². The minimum atomic E-state index is -0.458. The molecule has 4 aromatic carbocycles. The molecule has 45 heavy (non-hydrogen) atoms. The molecule has 6 aromatic rings. The average molecular weight is 633 g/mol. The Labute approximate surface area is 271 Å². The van der Waals surface area contributed by atoms with Crippen molar-refractivity contribution >= 4 is 45.5 Å². The van der Waals surface area contributed by atoms with Crippen LogP contribution in [0.5, 0.6) is 0 Å². The molecule has 0 bridgehead atoms. The van der Waals surface area contributed by atoms with Gasteiger partial charge in [0.05, 0.1) is 11.1 Å². The van der Waals surface area contributed by atoms with Gasteiger partial charge in [0.1, 0.15) is 11.2 Å². The van der Waals surface area contributed by atoms with Gasteiger partial charge < -0.3 is 8.83 Å². The smallest absolute Gasteiger partial charge is 0.340 e. The third kappa shape index (κ3) is 6.54. The molecule has 0 spiro atoms. The molecule has 0 fully saturated rings. The van der Waals surface area contributed by atoms with E-state index in [1.54, 1.807) is 12.1 Å². The predicted molar refractivity (Wildman–Crippen MR) is 186 cm³/mol. The highest BCUT2D eigenvalue weighted by Crippen LogP contribution is 2.40. The van der Waals surface area contributed by atoms with Gasteiger partial charge in [-0.05, 0) is 58.4 Å². The van der Waals surface area contributed by atoms with E-state index >= 15 is 0 Å². The lowest BCUT2D eigenvalue weighted by Gasteiger charge is -2.19. The third-order valence-corrected chi connectivity index (χ3v) is 10.3. The van der Waals surface area contributed by atoms with E-state index in [0.29, 0.717) is 22.3 Å². The summed E-state index contributed by atoms with van der Waals surface area (Å²) in [6.45, 7) is 13.1. The Morgan fingerprint density at radius 1 is 0.511 bits per heavy atom. The summed E-state index contributed by atoms with van der Waals surface area (Å²) in [5.41, 5.74) is 3.50. The number of rotatable bonds is 6. The molecule has 2 aromatic heterocycles. The van der Waals surface area contributed by atoms with Crippen molar-refractivity contribution in [2.24, 2.45) is 0 Å². The Balaban J connectivity index is 1.49. The van der Waals surface area contributed by atoms with Crippen LogP contribution in [-0.4, -0.2) is 0 Å². The predicted octanol–water partition coefficient (Wildman–Crippen LogP) is 10.4. The molecule has 0 unspecified atom stereocenters. The highest BCUT2D eigenvalue weighted by Gasteiger charge is 2.23. The Morgan fingerprint density at radius 3 is 1.22 bits per heavy atom. The second-order valence-corrected chi connectivity index (χ2v) is 15.5. The first kappa shape index (κ1) is 31.0. The monoisotopic (exact) mass is 632 g/mol. The number of hydrogen-bond donors (Lipinski definition) is 0. The molecule has 0 N–H and O–H groups in total. The van der Waals surface area contributed by atoms with Crippen molar-refractivity contribution in [1.29, 1.82) is 0 Å². The fourth-order valence-electron chi connectivity index (χ4n) is 5.32. The zero-order valence-electron chi connectivity index (χ0n) is 26.4.